The van der Waals surface area contributed by atoms with E-state index >= 15 is 4.79 Å². The number of β-amino-alcohol motifs (C(OH)–C–C–N with tert-alkyl or cyclic N) is 1. The molecule has 5 aliphatic rings. The van der Waals surface area contributed by atoms with Crippen LogP contribution in [0.1, 0.15) is 88.6 Å². The van der Waals surface area contributed by atoms with Crippen molar-refractivity contribution in [2.45, 2.75) is 107 Å². The number of esters is 3. The number of hydrogen-bond acceptors (Lipinski definition) is 13. The van der Waals surface area contributed by atoms with Crippen molar-refractivity contribution in [3.05, 3.63) is 70.9 Å². The zero-order valence-corrected chi connectivity index (χ0v) is 37.6. The molecule has 1 saturated heterocycles. The zero-order chi connectivity index (χ0) is 44.4. The lowest BCUT2D eigenvalue weighted by Crippen LogP contribution is -2.68. The Labute approximate surface area is 364 Å². The van der Waals surface area contributed by atoms with Crippen LogP contribution in [0.2, 0.25) is 0 Å². The van der Waals surface area contributed by atoms with Gasteiger partial charge in [0.1, 0.15) is 11.2 Å². The number of rotatable bonds is 8. The Bertz CT molecular complexity index is 2260. The zero-order valence-electron chi connectivity index (χ0n) is 37.6. The Hall–Kier alpha value is -4.47. The molecule has 5 heterocycles. The van der Waals surface area contributed by atoms with Gasteiger partial charge in [-0.25, -0.2) is 4.79 Å². The van der Waals surface area contributed by atoms with Gasteiger partial charge in [0.2, 0.25) is 5.60 Å². The molecule has 2 aromatic carbocycles. The molecule has 1 aromatic heterocycles. The second-order valence-corrected chi connectivity index (χ2v) is 19.0. The lowest BCUT2D eigenvalue weighted by Gasteiger charge is -2.54. The van der Waals surface area contributed by atoms with E-state index in [4.69, 9.17) is 18.9 Å². The molecule has 0 amide bonds. The molecule has 0 radical (unpaired) electrons. The lowest BCUT2D eigenvalue weighted by atomic mass is 9.57. The predicted octanol–water partition coefficient (Wildman–Crippen LogP) is 4.91. The van der Waals surface area contributed by atoms with Gasteiger partial charge >= 0.3 is 17.9 Å². The van der Waals surface area contributed by atoms with Crippen LogP contribution in [0.5, 0.6) is 5.75 Å². The molecular weight excluding hydrogens is 791 g/mol. The molecule has 14 nitrogen and oxygen atoms in total. The monoisotopic (exact) mass is 855 g/mol. The summed E-state index contributed by atoms with van der Waals surface area (Å²) in [6.07, 6.45) is 7.27. The number of hydroxylamine groups is 1. The van der Waals surface area contributed by atoms with Crippen molar-refractivity contribution in [2.75, 3.05) is 66.0 Å². The van der Waals surface area contributed by atoms with Crippen LogP contribution in [0.25, 0.3) is 10.9 Å². The second kappa shape index (κ2) is 16.3. The third-order valence-corrected chi connectivity index (χ3v) is 15.8. The SMILES string of the molecule is CCC1(NO)CNCCc2c([nH]c3ccccc23)[C@@](C(=O)OC)(c2cc3c(cc2OC)N(C)CC(O)(C(=O)OC)[C@H](OC(C)=O)[C@]2(CC)C=CCN4CC[C@]3(C)[C@@H]42)C[C@@H]2C[C@@H]2C1. The maximum absolute atomic E-state index is 15.4. The summed E-state index contributed by atoms with van der Waals surface area (Å²) in [4.78, 5) is 50.6. The summed E-state index contributed by atoms with van der Waals surface area (Å²) in [7, 11) is 6.11. The summed E-state index contributed by atoms with van der Waals surface area (Å²) in [5.74, 6) is -1.13. The van der Waals surface area contributed by atoms with Gasteiger partial charge < -0.3 is 44.5 Å². The Morgan fingerprint density at radius 1 is 1.00 bits per heavy atom. The number of aromatic amines is 1. The van der Waals surface area contributed by atoms with Crippen LogP contribution in [0, 0.1) is 17.3 Å². The van der Waals surface area contributed by atoms with E-state index in [0.29, 0.717) is 68.9 Å². The number of carbonyl (C=O) groups excluding carboxylic acids is 3. The van der Waals surface area contributed by atoms with E-state index in [9.17, 15) is 19.9 Å². The summed E-state index contributed by atoms with van der Waals surface area (Å²) in [6.45, 7) is 9.89. The Morgan fingerprint density at radius 3 is 2.42 bits per heavy atom. The van der Waals surface area contributed by atoms with Crippen LogP contribution in [0.4, 0.5) is 5.69 Å². The maximum atomic E-state index is 15.4. The van der Waals surface area contributed by atoms with Crippen LogP contribution in [0.15, 0.2) is 48.6 Å². The van der Waals surface area contributed by atoms with Crippen LogP contribution in [-0.4, -0.2) is 122 Å². The smallest absolute Gasteiger partial charge is 0.343 e. The number of aliphatic hydroxyl groups is 1. The van der Waals surface area contributed by atoms with E-state index in [1.807, 2.05) is 49.2 Å². The van der Waals surface area contributed by atoms with E-state index in [2.05, 4.69) is 52.7 Å². The van der Waals surface area contributed by atoms with Gasteiger partial charge in [-0.2, -0.15) is 5.48 Å². The van der Waals surface area contributed by atoms with Gasteiger partial charge in [-0.15, -0.1) is 0 Å². The van der Waals surface area contributed by atoms with Gasteiger partial charge in [-0.05, 0) is 93.1 Å². The molecule has 0 bridgehead atoms. The Morgan fingerprint density at radius 2 is 1.74 bits per heavy atom. The van der Waals surface area contributed by atoms with Gasteiger partial charge in [0, 0.05) is 77.8 Å². The van der Waals surface area contributed by atoms with Gasteiger partial charge in [-0.1, -0.05) is 51.1 Å². The highest BCUT2D eigenvalue weighted by Crippen LogP contribution is 2.60. The lowest BCUT2D eigenvalue weighted by molar-refractivity contribution is -0.202. The molecule has 1 aliphatic carbocycles. The number of likely N-dealkylation sites (N-methyl/N-ethyl adjacent to an activating group) is 1. The fourth-order valence-electron chi connectivity index (χ4n) is 12.6. The Balaban J connectivity index is 1.44. The number of hydrogen-bond donors (Lipinski definition) is 5. The highest BCUT2D eigenvalue weighted by atomic mass is 16.6. The van der Waals surface area contributed by atoms with Crippen LogP contribution in [0.3, 0.4) is 0 Å². The predicted molar refractivity (Wildman–Crippen MR) is 234 cm³/mol. The first-order chi connectivity index (χ1) is 29.6. The van der Waals surface area contributed by atoms with Crippen molar-refractivity contribution >= 4 is 34.5 Å². The van der Waals surface area contributed by atoms with Crippen molar-refractivity contribution in [2.24, 2.45) is 17.3 Å². The quantitative estimate of drug-likeness (QED) is 0.0897. The fourth-order valence-corrected chi connectivity index (χ4v) is 12.6. The third-order valence-electron chi connectivity index (χ3n) is 15.8. The number of nitrogens with one attached hydrogen (secondary N) is 3. The highest BCUT2D eigenvalue weighted by molar-refractivity contribution is 5.94. The topological polar surface area (TPSA) is 175 Å². The summed E-state index contributed by atoms with van der Waals surface area (Å²) in [6, 6.07) is 11.9. The molecule has 0 spiro atoms. The number of H-pyrrole nitrogens is 1. The summed E-state index contributed by atoms with van der Waals surface area (Å²) in [5, 5.41) is 28.1. The number of carbonyl (C=O) groups is 3. The number of nitrogens with zero attached hydrogens (tertiary/aromatic N) is 2. The molecule has 3 aromatic rings. The minimum absolute atomic E-state index is 0.109. The summed E-state index contributed by atoms with van der Waals surface area (Å²) in [5.41, 5.74) is 1.74. The van der Waals surface area contributed by atoms with Gasteiger partial charge in [0.05, 0.1) is 33.4 Å². The molecular formula is C48H65N5O9. The van der Waals surface area contributed by atoms with E-state index in [-0.39, 0.29) is 24.4 Å². The van der Waals surface area contributed by atoms with Gasteiger partial charge in [-0.3, -0.25) is 14.5 Å². The van der Waals surface area contributed by atoms with E-state index < -0.39 is 51.4 Å². The average molecular weight is 856 g/mol. The molecule has 9 atom stereocenters. The first-order valence-electron chi connectivity index (χ1n) is 22.3. The van der Waals surface area contributed by atoms with E-state index in [1.165, 1.54) is 21.1 Å². The number of para-hydroxylation sites is 1. The van der Waals surface area contributed by atoms with Crippen molar-refractivity contribution in [3.63, 3.8) is 0 Å². The third kappa shape index (κ3) is 6.65. The van der Waals surface area contributed by atoms with Crippen molar-refractivity contribution in [1.82, 2.24) is 20.7 Å². The fraction of sp³-hybridized carbons (Fsp3) is 0.604. The molecule has 14 heteroatoms. The average Bonchev–Trinajstić information content (AvgIpc) is 3.72. The Kier molecular flexibility index (Phi) is 11.6. The number of benzene rings is 2. The minimum Gasteiger partial charge on any atom is -0.496 e. The van der Waals surface area contributed by atoms with E-state index in [1.54, 1.807) is 7.11 Å². The molecule has 336 valence electrons. The summed E-state index contributed by atoms with van der Waals surface area (Å²) < 4.78 is 24.0. The number of fused-ring (bicyclic) bond motifs is 6. The molecule has 8 rings (SSSR count). The largest absolute Gasteiger partial charge is 0.496 e. The highest BCUT2D eigenvalue weighted by Gasteiger charge is 2.67. The van der Waals surface area contributed by atoms with Crippen molar-refractivity contribution in [1.29, 1.82) is 0 Å². The van der Waals surface area contributed by atoms with Crippen molar-refractivity contribution in [3.8, 4) is 5.75 Å². The van der Waals surface area contributed by atoms with Crippen LogP contribution < -0.4 is 20.4 Å². The normalized spacial score (nSPS) is 34.5. The van der Waals surface area contributed by atoms with E-state index in [0.717, 1.165) is 47.0 Å². The molecule has 2 unspecified atom stereocenters. The number of anilines is 1. The van der Waals surface area contributed by atoms with Gasteiger partial charge in [0.15, 0.2) is 6.10 Å². The minimum atomic E-state index is -2.29. The number of ether oxygens (including phenoxy) is 4. The van der Waals surface area contributed by atoms with Crippen LogP contribution >= 0.6 is 0 Å². The maximum Gasteiger partial charge on any atom is 0.343 e. The second-order valence-electron chi connectivity index (χ2n) is 19.0. The number of methoxy groups -OCH3 is 3. The molecule has 4 aliphatic heterocycles. The summed E-state index contributed by atoms with van der Waals surface area (Å²) >= 11 is 0. The first-order valence-corrected chi connectivity index (χ1v) is 22.3. The van der Waals surface area contributed by atoms with Gasteiger partial charge in [0.25, 0.3) is 0 Å². The molecule has 62 heavy (non-hydrogen) atoms. The standard InChI is InChI=1S/C48H65N5O9/c1-9-45(51-58)25-30-22-31(30)26-47(42(55)60-7,39-33(16-19-49-27-45)32-14-11-12-15-36(32)50-39)35-23-34-37(24-38(35)59-6)52(5)28-48(57,43(56)61-8)41(62-29(3)54)46(10-2)17-13-20-53-21-18-44(34,4)40(46)53/h11-15,17,23-24,30-31,40-41,49-51,57-58H,9-10,16,18-22,25-28H2,1-8H3/t30-,31+,40-,41-,44+,45?,46-,47+,48?/m1/s1. The van der Waals surface area contributed by atoms with Crippen molar-refractivity contribution < 1.29 is 43.6 Å². The van der Waals surface area contributed by atoms with Crippen LogP contribution in [-0.2, 0) is 45.8 Å². The molecule has 2 fully saturated rings. The first kappa shape index (κ1) is 44.1. The number of aromatic nitrogens is 1. The molecule has 5 N–H and O–H groups in total. The molecule has 1 saturated carbocycles.